The lowest BCUT2D eigenvalue weighted by molar-refractivity contribution is -0.0442. The number of alkyl halides is 9. The van der Waals surface area contributed by atoms with Gasteiger partial charge in [0.15, 0.2) is 0 Å². The molecule has 2 aliphatic rings. The summed E-state index contributed by atoms with van der Waals surface area (Å²) in [5.74, 6) is -0.482. The van der Waals surface area contributed by atoms with E-state index < -0.39 is 86.0 Å². The Morgan fingerprint density at radius 2 is 1.07 bits per heavy atom. The lowest BCUT2D eigenvalue weighted by atomic mass is 9.87. The van der Waals surface area contributed by atoms with Crippen molar-refractivity contribution in [1.82, 2.24) is 0 Å². The number of hydrogen-bond acceptors (Lipinski definition) is 7. The van der Waals surface area contributed by atoms with E-state index in [0.717, 1.165) is 24.3 Å². The first-order valence-electron chi connectivity index (χ1n) is 14.5. The molecule has 3 aromatic rings. The first-order chi connectivity index (χ1) is 24.9. The predicted octanol–water partition coefficient (Wildman–Crippen LogP) is 7.65. The van der Waals surface area contributed by atoms with Crippen LogP contribution in [0, 0.1) is 35.8 Å². The molecule has 0 atom stereocenters. The average Bonchev–Trinajstić information content (AvgIpc) is 3.60. The van der Waals surface area contributed by atoms with Gasteiger partial charge in [-0.3, -0.25) is 0 Å². The number of nitrogens with zero attached hydrogens (tertiary/aromatic N) is 4. The van der Waals surface area contributed by atoms with Gasteiger partial charge in [-0.2, -0.15) is 59.7 Å². The van der Waals surface area contributed by atoms with Crippen molar-refractivity contribution in [2.45, 2.75) is 46.1 Å². The summed E-state index contributed by atoms with van der Waals surface area (Å²) in [5, 5.41) is 19.3. The summed E-state index contributed by atoms with van der Waals surface area (Å²) >= 11 is -0.740. The molecule has 5 rings (SSSR count). The first kappa shape index (κ1) is 39.7. The standard InChI is InChI=1S/C34H15F9N4O4S3/c1-16-22(31(46-2)47-3)12-24-26(16)27(17-4-8-20(9-5-17)53(48,49)33(38,39)40)25-13-23(19(14-44)15-45)30(52-32(35,36)37)29(25)28(24)18-6-10-21(11-7-18)54(50,51)34(41,42)43/h4-11H,12-13H2,1H3. The van der Waals surface area contributed by atoms with Crippen LogP contribution in [-0.4, -0.2) is 33.4 Å². The van der Waals surface area contributed by atoms with Crippen molar-refractivity contribution in [2.75, 3.05) is 0 Å². The number of thioether (sulfide) groups is 1. The summed E-state index contributed by atoms with van der Waals surface area (Å²) in [5.41, 5.74) is -17.9. The third-order valence-corrected chi connectivity index (χ3v) is 12.4. The second kappa shape index (κ2) is 13.4. The molecule has 20 heteroatoms. The largest absolute Gasteiger partial charge is 0.523 e. The molecule has 0 aromatic heterocycles. The highest BCUT2D eigenvalue weighted by atomic mass is 32.2. The number of benzene rings is 3. The molecule has 3 aromatic carbocycles. The Labute approximate surface area is 303 Å². The molecule has 276 valence electrons. The fourth-order valence-electron chi connectivity index (χ4n) is 6.24. The van der Waals surface area contributed by atoms with E-state index in [4.69, 9.17) is 13.1 Å². The van der Waals surface area contributed by atoms with Gasteiger partial charge in [0, 0.05) is 16.5 Å². The number of sulfone groups is 2. The van der Waals surface area contributed by atoms with Crippen molar-refractivity contribution in [2.24, 2.45) is 0 Å². The Morgan fingerprint density at radius 3 is 1.44 bits per heavy atom. The van der Waals surface area contributed by atoms with E-state index in [0.29, 0.717) is 24.3 Å². The van der Waals surface area contributed by atoms with E-state index in [2.05, 4.69) is 9.69 Å². The van der Waals surface area contributed by atoms with E-state index in [9.17, 15) is 66.9 Å². The molecule has 0 unspecified atom stereocenters. The number of fused-ring (bicyclic) bond motifs is 2. The van der Waals surface area contributed by atoms with Crippen molar-refractivity contribution in [3.63, 3.8) is 0 Å². The van der Waals surface area contributed by atoms with Crippen LogP contribution in [0.5, 0.6) is 0 Å². The zero-order valence-electron chi connectivity index (χ0n) is 26.6. The van der Waals surface area contributed by atoms with Crippen LogP contribution in [0.1, 0.15) is 18.1 Å². The fourth-order valence-corrected chi connectivity index (χ4v) is 8.62. The van der Waals surface area contributed by atoms with E-state index in [-0.39, 0.29) is 61.4 Å². The summed E-state index contributed by atoms with van der Waals surface area (Å²) in [4.78, 5) is 3.34. The average molecular weight is 811 g/mol. The molecule has 0 amide bonds. The van der Waals surface area contributed by atoms with Crippen LogP contribution in [0.4, 0.5) is 39.5 Å². The Hall–Kier alpha value is -5.54. The van der Waals surface area contributed by atoms with E-state index >= 15 is 0 Å². The van der Waals surface area contributed by atoms with Gasteiger partial charge in [-0.05, 0) is 99.1 Å². The lowest BCUT2D eigenvalue weighted by Crippen LogP contribution is -2.25. The molecule has 0 saturated carbocycles. The van der Waals surface area contributed by atoms with Gasteiger partial charge in [-0.25, -0.2) is 16.8 Å². The normalized spacial score (nSPS) is 14.5. The fraction of sp³-hybridized carbons (Fsp3) is 0.176. The van der Waals surface area contributed by atoms with Gasteiger partial charge >= 0.3 is 22.3 Å². The van der Waals surface area contributed by atoms with Crippen LogP contribution in [0.2, 0.25) is 0 Å². The van der Waals surface area contributed by atoms with Gasteiger partial charge in [0.2, 0.25) is 0 Å². The molecule has 0 saturated heterocycles. The van der Waals surface area contributed by atoms with E-state index in [1.54, 1.807) is 0 Å². The van der Waals surface area contributed by atoms with E-state index in [1.807, 2.05) is 0 Å². The Balaban J connectivity index is 2.06. The van der Waals surface area contributed by atoms with Crippen LogP contribution in [0.25, 0.3) is 42.4 Å². The molecule has 0 heterocycles. The summed E-state index contributed by atoms with van der Waals surface area (Å²) in [7, 11) is -11.8. The minimum absolute atomic E-state index is 0.0247. The Bertz CT molecular complexity index is 2730. The van der Waals surface area contributed by atoms with Gasteiger partial charge in [0.05, 0.1) is 15.4 Å². The number of nitriles is 2. The summed E-state index contributed by atoms with van der Waals surface area (Å²) in [6.07, 6.45) is -0.972. The van der Waals surface area contributed by atoms with Crippen LogP contribution in [0.3, 0.4) is 0 Å². The summed E-state index contributed by atoms with van der Waals surface area (Å²) in [6, 6.07) is 9.07. The van der Waals surface area contributed by atoms with Gasteiger partial charge in [0.25, 0.3) is 19.7 Å². The molecular weight excluding hydrogens is 796 g/mol. The summed E-state index contributed by atoms with van der Waals surface area (Å²) in [6.45, 7) is 16.5. The zero-order valence-corrected chi connectivity index (χ0v) is 29.0. The number of rotatable bonds is 5. The van der Waals surface area contributed by atoms with E-state index in [1.165, 1.54) is 19.1 Å². The van der Waals surface area contributed by atoms with Gasteiger partial charge in [-0.15, -0.1) is 0 Å². The quantitative estimate of drug-likeness (QED) is 0.147. The minimum atomic E-state index is -5.89. The molecule has 8 nitrogen and oxygen atoms in total. The van der Waals surface area contributed by atoms with Gasteiger partial charge in [-0.1, -0.05) is 24.3 Å². The second-order valence-electron chi connectivity index (χ2n) is 11.4. The maximum Gasteiger partial charge on any atom is 0.523 e. The monoisotopic (exact) mass is 810 g/mol. The highest BCUT2D eigenvalue weighted by Gasteiger charge is 2.48. The maximum atomic E-state index is 14.3. The second-order valence-corrected chi connectivity index (χ2v) is 16.3. The van der Waals surface area contributed by atoms with Crippen molar-refractivity contribution < 1.29 is 56.3 Å². The number of halogens is 9. The van der Waals surface area contributed by atoms with Crippen molar-refractivity contribution in [1.29, 1.82) is 10.5 Å². The molecule has 0 radical (unpaired) electrons. The zero-order chi connectivity index (χ0) is 40.3. The highest BCUT2D eigenvalue weighted by molar-refractivity contribution is 8.09. The summed E-state index contributed by atoms with van der Waals surface area (Å²) < 4.78 is 172. The van der Waals surface area contributed by atoms with Crippen LogP contribution in [0.15, 0.2) is 80.9 Å². The van der Waals surface area contributed by atoms with Crippen molar-refractivity contribution >= 4 is 41.9 Å². The van der Waals surface area contributed by atoms with Gasteiger partial charge in [0.1, 0.15) is 30.9 Å². The van der Waals surface area contributed by atoms with Crippen LogP contribution < -0.4 is 10.4 Å². The minimum Gasteiger partial charge on any atom is -0.214 e. The van der Waals surface area contributed by atoms with Crippen LogP contribution >= 0.6 is 11.8 Å². The van der Waals surface area contributed by atoms with Crippen molar-refractivity contribution in [3.8, 4) is 34.4 Å². The topological polar surface area (TPSA) is 125 Å². The third-order valence-electron chi connectivity index (χ3n) is 8.48. The predicted molar refractivity (Wildman–Crippen MR) is 175 cm³/mol. The third kappa shape index (κ3) is 6.51. The molecular formula is C34H15F9N4O4S3. The van der Waals surface area contributed by atoms with Gasteiger partial charge < -0.3 is 0 Å². The van der Waals surface area contributed by atoms with Crippen LogP contribution in [-0.2, 0) is 32.5 Å². The molecule has 2 aliphatic carbocycles. The highest BCUT2D eigenvalue weighted by Crippen LogP contribution is 2.47. The molecule has 0 bridgehead atoms. The lowest BCUT2D eigenvalue weighted by Gasteiger charge is -2.18. The number of hydrogen-bond donors (Lipinski definition) is 0. The molecule has 54 heavy (non-hydrogen) atoms. The van der Waals surface area contributed by atoms with Crippen molar-refractivity contribution in [3.05, 3.63) is 115 Å². The first-order valence-corrected chi connectivity index (χ1v) is 18.3. The molecule has 0 aliphatic heterocycles. The SMILES string of the molecule is [C-]#[N+]C([N+]#[C-])=C1Cc2c(-c3ccc(S(=O)(=O)C(F)(F)F)cc3)c3c(c(-c4ccc(S(=O)(=O)C(F)(F)F)cc4)c2=C1C)CC(=C(C#N)C#N)C=3SC(F)(F)F. The Morgan fingerprint density at radius 1 is 0.685 bits per heavy atom. The molecule has 0 fully saturated rings. The molecule has 0 N–H and O–H groups in total. The molecule has 0 spiro atoms. The maximum absolute atomic E-state index is 14.3. The number of allylic oxidation sites excluding steroid dienone is 2. The Kier molecular flexibility index (Phi) is 9.84. The smallest absolute Gasteiger partial charge is 0.214 e.